The molecule has 0 amide bonds. The standard InChI is InChI=1S/C25H47NO8/c1-6-7-8-9-10-11-12-26(13-14-27)15-18(28)16-29-17-19-20-21(32-24(2,3)31-20)22-23(30-19)34-25(4,5)33-22/h18-23,27-28H,6-17H2,1-5H3/t18?,19-,20+,21+,22-,23-/m1/s1. The molecule has 0 aromatic carbocycles. The van der Waals surface area contributed by atoms with Gasteiger partial charge in [-0.2, -0.15) is 0 Å². The summed E-state index contributed by atoms with van der Waals surface area (Å²) >= 11 is 0. The van der Waals surface area contributed by atoms with Crippen molar-refractivity contribution in [1.29, 1.82) is 0 Å². The van der Waals surface area contributed by atoms with Gasteiger partial charge in [0, 0.05) is 13.1 Å². The highest BCUT2D eigenvalue weighted by molar-refractivity contribution is 5.00. The first-order valence-corrected chi connectivity index (χ1v) is 13.1. The molecule has 9 nitrogen and oxygen atoms in total. The SMILES string of the molecule is CCCCCCCCN(CCO)CC(O)COC[C@H]1O[C@@H]2OC(C)(C)O[C@@H]2[C@H]2OC(C)(C)O[C@H]21. The van der Waals surface area contributed by atoms with Crippen LogP contribution in [-0.4, -0.2) is 103 Å². The third-order valence-corrected chi connectivity index (χ3v) is 6.56. The average Bonchev–Trinajstić information content (AvgIpc) is 3.24. The van der Waals surface area contributed by atoms with Gasteiger partial charge in [0.2, 0.25) is 0 Å². The maximum atomic E-state index is 10.5. The molecule has 3 saturated heterocycles. The maximum Gasteiger partial charge on any atom is 0.190 e. The van der Waals surface area contributed by atoms with Gasteiger partial charge in [-0.05, 0) is 40.7 Å². The Bertz CT molecular complexity index is 603. The third-order valence-electron chi connectivity index (χ3n) is 6.56. The molecule has 0 saturated carbocycles. The van der Waals surface area contributed by atoms with Gasteiger partial charge in [0.15, 0.2) is 17.9 Å². The summed E-state index contributed by atoms with van der Waals surface area (Å²) in [7, 11) is 0. The number of hydrogen-bond donors (Lipinski definition) is 2. The van der Waals surface area contributed by atoms with Gasteiger partial charge in [-0.25, -0.2) is 0 Å². The van der Waals surface area contributed by atoms with Crippen molar-refractivity contribution in [2.45, 2.75) is 122 Å². The Morgan fingerprint density at radius 3 is 2.24 bits per heavy atom. The molecule has 6 atom stereocenters. The lowest BCUT2D eigenvalue weighted by molar-refractivity contribution is -0.244. The average molecular weight is 490 g/mol. The lowest BCUT2D eigenvalue weighted by Gasteiger charge is -2.37. The molecule has 9 heteroatoms. The summed E-state index contributed by atoms with van der Waals surface area (Å²) in [6.07, 6.45) is 4.69. The van der Waals surface area contributed by atoms with E-state index in [-0.39, 0.29) is 38.1 Å². The number of ether oxygens (including phenoxy) is 6. The molecule has 0 bridgehead atoms. The summed E-state index contributed by atoms with van der Waals surface area (Å²) in [6.45, 7) is 12.1. The highest BCUT2D eigenvalue weighted by Crippen LogP contribution is 2.44. The van der Waals surface area contributed by atoms with Crippen molar-refractivity contribution in [3.8, 4) is 0 Å². The van der Waals surface area contributed by atoms with E-state index in [9.17, 15) is 10.2 Å². The molecule has 0 aliphatic carbocycles. The normalized spacial score (nSPS) is 32.6. The molecule has 34 heavy (non-hydrogen) atoms. The van der Waals surface area contributed by atoms with Gasteiger partial charge < -0.3 is 38.6 Å². The van der Waals surface area contributed by atoms with E-state index in [0.717, 1.165) is 13.0 Å². The van der Waals surface area contributed by atoms with E-state index in [0.29, 0.717) is 13.1 Å². The second-order valence-corrected chi connectivity index (χ2v) is 10.7. The van der Waals surface area contributed by atoms with Crippen LogP contribution < -0.4 is 0 Å². The van der Waals surface area contributed by atoms with Crippen molar-refractivity contribution in [2.24, 2.45) is 0 Å². The number of unbranched alkanes of at least 4 members (excludes halogenated alkanes) is 5. The van der Waals surface area contributed by atoms with E-state index < -0.39 is 30.1 Å². The molecule has 3 heterocycles. The van der Waals surface area contributed by atoms with Crippen molar-refractivity contribution in [1.82, 2.24) is 4.90 Å². The fraction of sp³-hybridized carbons (Fsp3) is 1.00. The fourth-order valence-corrected chi connectivity index (χ4v) is 5.05. The van der Waals surface area contributed by atoms with Gasteiger partial charge in [0.25, 0.3) is 0 Å². The van der Waals surface area contributed by atoms with Gasteiger partial charge in [-0.1, -0.05) is 39.0 Å². The van der Waals surface area contributed by atoms with Gasteiger partial charge in [-0.3, -0.25) is 4.90 Å². The van der Waals surface area contributed by atoms with Crippen LogP contribution in [0.15, 0.2) is 0 Å². The molecule has 3 aliphatic rings. The van der Waals surface area contributed by atoms with Gasteiger partial charge in [-0.15, -0.1) is 0 Å². The molecular weight excluding hydrogens is 442 g/mol. The van der Waals surface area contributed by atoms with E-state index in [1.165, 1.54) is 32.1 Å². The van der Waals surface area contributed by atoms with Crippen LogP contribution in [0.4, 0.5) is 0 Å². The zero-order valence-corrected chi connectivity index (χ0v) is 21.7. The highest BCUT2D eigenvalue weighted by Gasteiger charge is 2.60. The Labute approximate surface area is 205 Å². The summed E-state index contributed by atoms with van der Waals surface area (Å²) in [4.78, 5) is 2.10. The van der Waals surface area contributed by atoms with E-state index >= 15 is 0 Å². The van der Waals surface area contributed by atoms with Crippen LogP contribution in [0, 0.1) is 0 Å². The van der Waals surface area contributed by atoms with E-state index in [4.69, 9.17) is 28.4 Å². The van der Waals surface area contributed by atoms with Crippen LogP contribution >= 0.6 is 0 Å². The number of aliphatic hydroxyl groups is 2. The van der Waals surface area contributed by atoms with Gasteiger partial charge in [0.05, 0.1) is 25.9 Å². The van der Waals surface area contributed by atoms with Crippen molar-refractivity contribution >= 4 is 0 Å². The van der Waals surface area contributed by atoms with Crippen LogP contribution in [-0.2, 0) is 28.4 Å². The first kappa shape index (κ1) is 28.2. The Balaban J connectivity index is 1.43. The molecule has 1 unspecified atom stereocenters. The minimum Gasteiger partial charge on any atom is -0.395 e. The van der Waals surface area contributed by atoms with Crippen LogP contribution in [0.2, 0.25) is 0 Å². The minimum absolute atomic E-state index is 0.0799. The van der Waals surface area contributed by atoms with Crippen LogP contribution in [0.3, 0.4) is 0 Å². The maximum absolute atomic E-state index is 10.5. The van der Waals surface area contributed by atoms with Crippen molar-refractivity contribution in [2.75, 3.05) is 39.5 Å². The summed E-state index contributed by atoms with van der Waals surface area (Å²) in [5.74, 6) is -1.50. The van der Waals surface area contributed by atoms with E-state index in [1.54, 1.807) is 0 Å². The fourth-order valence-electron chi connectivity index (χ4n) is 5.05. The topological polar surface area (TPSA) is 99.1 Å². The Hall–Kier alpha value is -0.360. The number of nitrogens with zero attached hydrogens (tertiary/aromatic N) is 1. The predicted octanol–water partition coefficient (Wildman–Crippen LogP) is 2.42. The lowest BCUT2D eigenvalue weighted by Crippen LogP contribution is -2.56. The molecular formula is C25H47NO8. The van der Waals surface area contributed by atoms with Crippen molar-refractivity contribution in [3.05, 3.63) is 0 Å². The third kappa shape index (κ3) is 8.08. The van der Waals surface area contributed by atoms with Gasteiger partial charge >= 0.3 is 0 Å². The smallest absolute Gasteiger partial charge is 0.190 e. The summed E-state index contributed by atoms with van der Waals surface area (Å²) in [6, 6.07) is 0. The number of hydrogen-bond acceptors (Lipinski definition) is 9. The van der Waals surface area contributed by atoms with Crippen molar-refractivity contribution < 1.29 is 38.6 Å². The monoisotopic (exact) mass is 489 g/mol. The molecule has 200 valence electrons. The van der Waals surface area contributed by atoms with E-state index in [1.807, 2.05) is 27.7 Å². The first-order chi connectivity index (χ1) is 16.1. The molecule has 3 fully saturated rings. The number of rotatable bonds is 15. The summed E-state index contributed by atoms with van der Waals surface area (Å²) in [5, 5.41) is 19.9. The molecule has 0 spiro atoms. The zero-order valence-electron chi connectivity index (χ0n) is 21.7. The molecule has 0 aromatic heterocycles. The summed E-state index contributed by atoms with van der Waals surface area (Å²) in [5.41, 5.74) is 0. The summed E-state index contributed by atoms with van der Waals surface area (Å²) < 4.78 is 36.2. The number of fused-ring (bicyclic) bond motifs is 3. The zero-order chi connectivity index (χ0) is 24.8. The van der Waals surface area contributed by atoms with Crippen LogP contribution in [0.5, 0.6) is 0 Å². The predicted molar refractivity (Wildman–Crippen MR) is 126 cm³/mol. The Kier molecular flexibility index (Phi) is 10.6. The van der Waals surface area contributed by atoms with Crippen LogP contribution in [0.1, 0.15) is 73.1 Å². The Morgan fingerprint density at radius 2 is 1.50 bits per heavy atom. The number of aliphatic hydroxyl groups excluding tert-OH is 2. The second-order valence-electron chi connectivity index (χ2n) is 10.7. The van der Waals surface area contributed by atoms with Gasteiger partial charge in [0.1, 0.15) is 24.4 Å². The molecule has 0 radical (unpaired) electrons. The lowest BCUT2D eigenvalue weighted by atomic mass is 9.99. The largest absolute Gasteiger partial charge is 0.395 e. The van der Waals surface area contributed by atoms with Crippen LogP contribution in [0.25, 0.3) is 0 Å². The van der Waals surface area contributed by atoms with Crippen molar-refractivity contribution in [3.63, 3.8) is 0 Å². The molecule has 2 N–H and O–H groups in total. The van der Waals surface area contributed by atoms with E-state index in [2.05, 4.69) is 11.8 Å². The molecule has 3 rings (SSSR count). The second kappa shape index (κ2) is 12.7. The highest BCUT2D eigenvalue weighted by atomic mass is 16.9. The minimum atomic E-state index is -0.756. The Morgan fingerprint density at radius 1 is 0.853 bits per heavy atom. The first-order valence-electron chi connectivity index (χ1n) is 13.1. The quantitative estimate of drug-likeness (QED) is 0.336. The molecule has 3 aliphatic heterocycles. The molecule has 0 aromatic rings.